The molecule has 0 bridgehead atoms. The van der Waals surface area contributed by atoms with Gasteiger partial charge < -0.3 is 14.7 Å². The van der Waals surface area contributed by atoms with Gasteiger partial charge in [-0.05, 0) is 56.8 Å². The summed E-state index contributed by atoms with van der Waals surface area (Å²) in [6, 6.07) is 0.312. The van der Waals surface area contributed by atoms with Crippen LogP contribution in [0.2, 0.25) is 0 Å². The lowest BCUT2D eigenvalue weighted by Gasteiger charge is -2.47. The van der Waals surface area contributed by atoms with Crippen LogP contribution in [0.4, 0.5) is 0 Å². The molecule has 0 radical (unpaired) electrons. The van der Waals surface area contributed by atoms with Crippen molar-refractivity contribution in [3.63, 3.8) is 0 Å². The maximum absolute atomic E-state index is 12.6. The number of carbonyl (C=O) groups excluding carboxylic acids is 2. The minimum atomic E-state index is -1.37. The maximum atomic E-state index is 12.6. The highest BCUT2D eigenvalue weighted by atomic mass is 16.6. The number of piperidine rings is 1. The second-order valence-electron chi connectivity index (χ2n) is 8.04. The van der Waals surface area contributed by atoms with Crippen LogP contribution in [-0.4, -0.2) is 46.7 Å². The van der Waals surface area contributed by atoms with E-state index in [1.807, 2.05) is 4.90 Å². The summed E-state index contributed by atoms with van der Waals surface area (Å²) in [5.41, 5.74) is -1.37. The van der Waals surface area contributed by atoms with Crippen LogP contribution in [0.5, 0.6) is 0 Å². The number of hydrogen-bond acceptors (Lipinski definition) is 4. The average Bonchev–Trinajstić information content (AvgIpc) is 2.60. The second kappa shape index (κ2) is 7.42. The summed E-state index contributed by atoms with van der Waals surface area (Å²) in [4.78, 5) is 26.8. The van der Waals surface area contributed by atoms with Crippen molar-refractivity contribution in [2.75, 3.05) is 13.2 Å². The number of likely N-dealkylation sites (tertiary alicyclic amines) is 1. The van der Waals surface area contributed by atoms with Gasteiger partial charge in [0.1, 0.15) is 0 Å². The molecule has 5 nitrogen and oxygen atoms in total. The van der Waals surface area contributed by atoms with E-state index >= 15 is 0 Å². The lowest BCUT2D eigenvalue weighted by atomic mass is 9.72. The molecule has 0 aromatic carbocycles. The average molecular weight is 337 g/mol. The fourth-order valence-electron chi connectivity index (χ4n) is 4.91. The molecule has 24 heavy (non-hydrogen) atoms. The number of fused-ring (bicyclic) bond motifs is 1. The zero-order chi connectivity index (χ0) is 17.2. The third-order valence-corrected chi connectivity index (χ3v) is 6.45. The molecule has 2 aliphatic carbocycles. The third-order valence-electron chi connectivity index (χ3n) is 6.45. The number of rotatable bonds is 3. The molecule has 0 unspecified atom stereocenters. The van der Waals surface area contributed by atoms with E-state index in [4.69, 9.17) is 4.74 Å². The van der Waals surface area contributed by atoms with Gasteiger partial charge in [-0.3, -0.25) is 4.79 Å². The Kier molecular flexibility index (Phi) is 5.48. The molecule has 1 heterocycles. The molecule has 3 fully saturated rings. The van der Waals surface area contributed by atoms with Crippen molar-refractivity contribution in [3.05, 3.63) is 0 Å². The first kappa shape index (κ1) is 17.7. The van der Waals surface area contributed by atoms with Crippen LogP contribution in [0.3, 0.4) is 0 Å². The van der Waals surface area contributed by atoms with Crippen molar-refractivity contribution >= 4 is 11.9 Å². The van der Waals surface area contributed by atoms with E-state index < -0.39 is 11.6 Å². The molecule has 0 spiro atoms. The monoisotopic (exact) mass is 337 g/mol. The van der Waals surface area contributed by atoms with Gasteiger partial charge in [0.2, 0.25) is 0 Å². The smallest absolute Gasteiger partial charge is 0.338 e. The number of amides is 1. The van der Waals surface area contributed by atoms with Crippen LogP contribution in [-0.2, 0) is 14.3 Å². The van der Waals surface area contributed by atoms with Crippen molar-refractivity contribution in [1.29, 1.82) is 0 Å². The lowest BCUT2D eigenvalue weighted by Crippen LogP contribution is -2.53. The highest BCUT2D eigenvalue weighted by Crippen LogP contribution is 2.38. The van der Waals surface area contributed by atoms with E-state index in [0.717, 1.165) is 38.6 Å². The van der Waals surface area contributed by atoms with Crippen molar-refractivity contribution in [3.8, 4) is 0 Å². The van der Waals surface area contributed by atoms with Gasteiger partial charge in [0.15, 0.2) is 12.2 Å². The minimum Gasteiger partial charge on any atom is -0.453 e. The molecule has 3 rings (SSSR count). The van der Waals surface area contributed by atoms with E-state index in [2.05, 4.69) is 6.92 Å². The normalized spacial score (nSPS) is 32.8. The number of ether oxygens (including phenoxy) is 1. The Morgan fingerprint density at radius 3 is 2.54 bits per heavy atom. The van der Waals surface area contributed by atoms with Gasteiger partial charge in [-0.15, -0.1) is 0 Å². The van der Waals surface area contributed by atoms with Crippen LogP contribution in [0, 0.1) is 11.8 Å². The fraction of sp³-hybridized carbons (Fsp3) is 0.895. The molecule has 0 aromatic heterocycles. The van der Waals surface area contributed by atoms with Crippen molar-refractivity contribution in [1.82, 2.24) is 4.90 Å². The number of carbonyl (C=O) groups is 2. The Balaban J connectivity index is 1.55. The Labute approximate surface area is 144 Å². The molecule has 3 aliphatic rings. The topological polar surface area (TPSA) is 66.8 Å². The van der Waals surface area contributed by atoms with Gasteiger partial charge in [0.05, 0.1) is 0 Å². The van der Waals surface area contributed by atoms with E-state index in [1.54, 1.807) is 0 Å². The van der Waals surface area contributed by atoms with Crippen LogP contribution >= 0.6 is 0 Å². The molecule has 5 heteroatoms. The highest BCUT2D eigenvalue weighted by molar-refractivity contribution is 5.84. The third kappa shape index (κ3) is 3.61. The summed E-state index contributed by atoms with van der Waals surface area (Å²) < 4.78 is 5.23. The number of hydrogen-bond donors (Lipinski definition) is 1. The standard InChI is InChI=1S/C19H31NO4/c1-14-9-12-20(16-8-4-3-7-15(14)16)17(21)13-24-18(22)19(23)10-5-2-6-11-19/h14-16,23H,2-13H2,1H3/t14-,15-,16+/m1/s1. The summed E-state index contributed by atoms with van der Waals surface area (Å²) in [6.07, 6.45) is 9.37. The van der Waals surface area contributed by atoms with Gasteiger partial charge in [-0.1, -0.05) is 26.2 Å². The van der Waals surface area contributed by atoms with E-state index in [-0.39, 0.29) is 12.5 Å². The van der Waals surface area contributed by atoms with E-state index in [1.165, 1.54) is 19.3 Å². The van der Waals surface area contributed by atoms with E-state index in [0.29, 0.717) is 30.7 Å². The fourth-order valence-corrected chi connectivity index (χ4v) is 4.91. The van der Waals surface area contributed by atoms with Crippen molar-refractivity contribution in [2.45, 2.75) is 82.8 Å². The Hall–Kier alpha value is -1.10. The first-order chi connectivity index (χ1) is 11.5. The van der Waals surface area contributed by atoms with E-state index in [9.17, 15) is 14.7 Å². The molecule has 0 aromatic rings. The number of aliphatic hydroxyl groups is 1. The zero-order valence-corrected chi connectivity index (χ0v) is 14.8. The number of nitrogens with zero attached hydrogens (tertiary/aromatic N) is 1. The van der Waals surface area contributed by atoms with Gasteiger partial charge in [0.25, 0.3) is 5.91 Å². The van der Waals surface area contributed by atoms with Crippen molar-refractivity contribution in [2.24, 2.45) is 11.8 Å². The Morgan fingerprint density at radius 1 is 1.08 bits per heavy atom. The second-order valence-corrected chi connectivity index (χ2v) is 8.04. The Morgan fingerprint density at radius 2 is 1.79 bits per heavy atom. The molecule has 1 saturated heterocycles. The maximum Gasteiger partial charge on any atom is 0.338 e. The Bertz CT molecular complexity index is 472. The molecular formula is C19H31NO4. The van der Waals surface area contributed by atoms with Crippen LogP contribution in [0.25, 0.3) is 0 Å². The summed E-state index contributed by atoms with van der Waals surface area (Å²) in [7, 11) is 0. The predicted molar refractivity (Wildman–Crippen MR) is 90.2 cm³/mol. The summed E-state index contributed by atoms with van der Waals surface area (Å²) in [6.45, 7) is 2.84. The van der Waals surface area contributed by atoms with Crippen LogP contribution in [0.15, 0.2) is 0 Å². The quantitative estimate of drug-likeness (QED) is 0.804. The molecule has 1 amide bonds. The SMILES string of the molecule is C[C@@H]1CCN(C(=O)COC(=O)C2(O)CCCCC2)[C@H]2CCCC[C@H]12. The zero-order valence-electron chi connectivity index (χ0n) is 14.8. The van der Waals surface area contributed by atoms with Gasteiger partial charge in [-0.25, -0.2) is 4.79 Å². The summed E-state index contributed by atoms with van der Waals surface area (Å²) >= 11 is 0. The minimum absolute atomic E-state index is 0.0911. The molecule has 2 saturated carbocycles. The molecule has 136 valence electrons. The molecular weight excluding hydrogens is 306 g/mol. The van der Waals surface area contributed by atoms with Gasteiger partial charge in [-0.2, -0.15) is 0 Å². The molecule has 1 N–H and O–H groups in total. The van der Waals surface area contributed by atoms with Crippen LogP contribution in [0.1, 0.15) is 71.1 Å². The first-order valence-corrected chi connectivity index (χ1v) is 9.70. The largest absolute Gasteiger partial charge is 0.453 e. The molecule has 1 aliphatic heterocycles. The summed E-state index contributed by atoms with van der Waals surface area (Å²) in [5, 5.41) is 10.4. The number of esters is 1. The summed E-state index contributed by atoms with van der Waals surface area (Å²) in [5.74, 6) is 0.562. The van der Waals surface area contributed by atoms with Gasteiger partial charge >= 0.3 is 5.97 Å². The van der Waals surface area contributed by atoms with Crippen molar-refractivity contribution < 1.29 is 19.4 Å². The highest BCUT2D eigenvalue weighted by Gasteiger charge is 2.41. The molecule has 3 atom stereocenters. The first-order valence-electron chi connectivity index (χ1n) is 9.70. The van der Waals surface area contributed by atoms with Gasteiger partial charge in [0, 0.05) is 12.6 Å². The predicted octanol–water partition coefficient (Wildman–Crippen LogP) is 2.65. The lowest BCUT2D eigenvalue weighted by molar-refractivity contribution is -0.173. The van der Waals surface area contributed by atoms with Crippen LogP contribution < -0.4 is 0 Å².